The second kappa shape index (κ2) is 10.6. The first kappa shape index (κ1) is 19.9. The third-order valence-corrected chi connectivity index (χ3v) is 3.88. The highest BCUT2D eigenvalue weighted by Crippen LogP contribution is 2.23. The van der Waals surface area contributed by atoms with E-state index in [0.29, 0.717) is 30.9 Å². The first-order valence-corrected chi connectivity index (χ1v) is 8.68. The third kappa shape index (κ3) is 6.44. The van der Waals surface area contributed by atoms with Gasteiger partial charge in [0.2, 0.25) is 0 Å². The van der Waals surface area contributed by atoms with Crippen LogP contribution in [0.15, 0.2) is 61.2 Å². The molecule has 0 spiro atoms. The number of ether oxygens (including phenoxy) is 2. The third-order valence-electron chi connectivity index (χ3n) is 3.88. The van der Waals surface area contributed by atoms with E-state index < -0.39 is 5.97 Å². The summed E-state index contributed by atoms with van der Waals surface area (Å²) < 4.78 is 10.1. The van der Waals surface area contributed by atoms with Gasteiger partial charge in [0.25, 0.3) is 0 Å². The fourth-order valence-electron chi connectivity index (χ4n) is 2.39. The molecule has 0 amide bonds. The molecular formula is C22H21NO4. The van der Waals surface area contributed by atoms with Gasteiger partial charge < -0.3 is 9.47 Å². The quantitative estimate of drug-likeness (QED) is 0.273. The van der Waals surface area contributed by atoms with Crippen molar-refractivity contribution in [3.8, 4) is 11.1 Å². The summed E-state index contributed by atoms with van der Waals surface area (Å²) in [6.07, 6.45) is 3.37. The minimum Gasteiger partial charge on any atom is -0.463 e. The van der Waals surface area contributed by atoms with Crippen molar-refractivity contribution in [3.63, 3.8) is 0 Å². The molecule has 0 fully saturated rings. The number of rotatable bonds is 9. The van der Waals surface area contributed by atoms with Crippen molar-refractivity contribution in [3.05, 3.63) is 78.2 Å². The first-order chi connectivity index (χ1) is 13.1. The molecule has 138 valence electrons. The van der Waals surface area contributed by atoms with Gasteiger partial charge in [0.15, 0.2) is 5.69 Å². The van der Waals surface area contributed by atoms with Crippen LogP contribution in [0, 0.1) is 6.57 Å². The van der Waals surface area contributed by atoms with E-state index in [4.69, 9.17) is 16.0 Å². The minimum atomic E-state index is -0.424. The monoisotopic (exact) mass is 363 g/mol. The van der Waals surface area contributed by atoms with E-state index in [1.807, 2.05) is 24.3 Å². The topological polar surface area (TPSA) is 57.0 Å². The Labute approximate surface area is 159 Å². The molecule has 0 aliphatic carbocycles. The van der Waals surface area contributed by atoms with Gasteiger partial charge in [-0.05, 0) is 42.5 Å². The Morgan fingerprint density at radius 3 is 2.00 bits per heavy atom. The van der Waals surface area contributed by atoms with Crippen molar-refractivity contribution < 1.29 is 19.1 Å². The molecule has 0 atom stereocenters. The number of hydrogen-bond donors (Lipinski definition) is 0. The second-order valence-corrected chi connectivity index (χ2v) is 5.80. The van der Waals surface area contributed by atoms with E-state index in [1.165, 1.54) is 0 Å². The highest BCUT2D eigenvalue weighted by atomic mass is 16.5. The van der Waals surface area contributed by atoms with Crippen LogP contribution in [0.4, 0.5) is 5.69 Å². The van der Waals surface area contributed by atoms with E-state index in [1.54, 1.807) is 24.3 Å². The normalized spacial score (nSPS) is 9.89. The molecular weight excluding hydrogens is 342 g/mol. The van der Waals surface area contributed by atoms with Gasteiger partial charge in [0.1, 0.15) is 0 Å². The molecule has 5 nitrogen and oxygen atoms in total. The molecule has 0 unspecified atom stereocenters. The van der Waals surface area contributed by atoms with Crippen molar-refractivity contribution in [1.82, 2.24) is 0 Å². The van der Waals surface area contributed by atoms with Crippen molar-refractivity contribution in [2.75, 3.05) is 13.2 Å². The van der Waals surface area contributed by atoms with Crippen LogP contribution >= 0.6 is 0 Å². The predicted molar refractivity (Wildman–Crippen MR) is 103 cm³/mol. The van der Waals surface area contributed by atoms with E-state index in [-0.39, 0.29) is 5.97 Å². The largest absolute Gasteiger partial charge is 0.463 e. The summed E-state index contributed by atoms with van der Waals surface area (Å²) in [5, 5.41) is 0. The Hall–Kier alpha value is -3.39. The molecule has 2 aromatic carbocycles. The number of nitrogens with zero attached hydrogens (tertiary/aromatic N) is 1. The molecule has 0 aliphatic rings. The van der Waals surface area contributed by atoms with Gasteiger partial charge in [0, 0.05) is 6.08 Å². The Morgan fingerprint density at radius 1 is 0.889 bits per heavy atom. The Bertz CT molecular complexity index is 817. The van der Waals surface area contributed by atoms with Crippen molar-refractivity contribution >= 4 is 17.6 Å². The summed E-state index contributed by atoms with van der Waals surface area (Å²) in [6, 6.07) is 14.5. The van der Waals surface area contributed by atoms with E-state index in [9.17, 15) is 9.59 Å². The van der Waals surface area contributed by atoms with Crippen LogP contribution in [0.1, 0.15) is 29.6 Å². The van der Waals surface area contributed by atoms with Crippen molar-refractivity contribution in [2.24, 2.45) is 0 Å². The maximum absolute atomic E-state index is 12.1. The van der Waals surface area contributed by atoms with Crippen LogP contribution in [0.2, 0.25) is 0 Å². The van der Waals surface area contributed by atoms with Gasteiger partial charge in [-0.25, -0.2) is 14.4 Å². The number of esters is 2. The number of carbonyl (C=O) groups is 2. The number of benzene rings is 2. The van der Waals surface area contributed by atoms with Crippen molar-refractivity contribution in [2.45, 2.75) is 19.3 Å². The Balaban J connectivity index is 1.74. The van der Waals surface area contributed by atoms with E-state index >= 15 is 0 Å². The zero-order valence-electron chi connectivity index (χ0n) is 15.0. The standard InChI is InChI=1S/C22H21NO4/c1-3-21(24)26-15-5-4-6-16-27-22(25)19-9-7-17(8-10-19)18-11-13-20(23-2)14-12-18/h3,7-14H,1,4-6,15-16H2. The first-order valence-electron chi connectivity index (χ1n) is 8.68. The lowest BCUT2D eigenvalue weighted by Crippen LogP contribution is -2.07. The number of hydrogen-bond acceptors (Lipinski definition) is 4. The molecule has 0 saturated carbocycles. The summed E-state index contributed by atoms with van der Waals surface area (Å²) in [6.45, 7) is 11.0. The van der Waals surface area contributed by atoms with Gasteiger partial charge in [-0.2, -0.15) is 0 Å². The minimum absolute atomic E-state index is 0.327. The summed E-state index contributed by atoms with van der Waals surface area (Å²) in [5.41, 5.74) is 3.05. The molecule has 0 N–H and O–H groups in total. The maximum atomic E-state index is 12.1. The molecule has 27 heavy (non-hydrogen) atoms. The molecule has 0 radical (unpaired) electrons. The highest BCUT2D eigenvalue weighted by molar-refractivity contribution is 5.90. The maximum Gasteiger partial charge on any atom is 0.338 e. The van der Waals surface area contributed by atoms with Gasteiger partial charge in [-0.3, -0.25) is 0 Å². The molecule has 0 aromatic heterocycles. The molecule has 2 aromatic rings. The molecule has 0 bridgehead atoms. The zero-order chi connectivity index (χ0) is 19.5. The molecule has 0 saturated heterocycles. The molecule has 5 heteroatoms. The molecule has 0 aliphatic heterocycles. The summed E-state index contributed by atoms with van der Waals surface area (Å²) in [4.78, 5) is 26.3. The van der Waals surface area contributed by atoms with Crippen molar-refractivity contribution in [1.29, 1.82) is 0 Å². The van der Waals surface area contributed by atoms with Crippen LogP contribution in [-0.2, 0) is 14.3 Å². The average molecular weight is 363 g/mol. The number of carbonyl (C=O) groups excluding carboxylic acids is 2. The van der Waals surface area contributed by atoms with Crippen LogP contribution < -0.4 is 0 Å². The lowest BCUT2D eigenvalue weighted by Gasteiger charge is -2.07. The van der Waals surface area contributed by atoms with Gasteiger partial charge in [-0.15, -0.1) is 0 Å². The lowest BCUT2D eigenvalue weighted by molar-refractivity contribution is -0.137. The van der Waals surface area contributed by atoms with Gasteiger partial charge in [-0.1, -0.05) is 43.0 Å². The van der Waals surface area contributed by atoms with E-state index in [0.717, 1.165) is 30.0 Å². The van der Waals surface area contributed by atoms with Crippen LogP contribution in [-0.4, -0.2) is 25.2 Å². The average Bonchev–Trinajstić information content (AvgIpc) is 2.72. The molecule has 2 rings (SSSR count). The van der Waals surface area contributed by atoms with Gasteiger partial charge in [0.05, 0.1) is 25.3 Å². The fraction of sp³-hybridized carbons (Fsp3) is 0.227. The van der Waals surface area contributed by atoms with E-state index in [2.05, 4.69) is 11.4 Å². The Kier molecular flexibility index (Phi) is 7.80. The number of unbranched alkanes of at least 4 members (excludes halogenated alkanes) is 2. The van der Waals surface area contributed by atoms with Gasteiger partial charge >= 0.3 is 11.9 Å². The second-order valence-electron chi connectivity index (χ2n) is 5.80. The van der Waals surface area contributed by atoms with Crippen LogP contribution in [0.25, 0.3) is 16.0 Å². The fourth-order valence-corrected chi connectivity index (χ4v) is 2.39. The highest BCUT2D eigenvalue weighted by Gasteiger charge is 2.07. The SMILES string of the molecule is [C-]#[N+]c1ccc(-c2ccc(C(=O)OCCCCCOC(=O)C=C)cc2)cc1. The Morgan fingerprint density at radius 2 is 1.44 bits per heavy atom. The van der Waals surface area contributed by atoms with Crippen LogP contribution in [0.5, 0.6) is 0 Å². The molecule has 0 heterocycles. The smallest absolute Gasteiger partial charge is 0.338 e. The summed E-state index contributed by atoms with van der Waals surface area (Å²) in [7, 11) is 0. The predicted octanol–water partition coefficient (Wildman–Crippen LogP) is 4.96. The summed E-state index contributed by atoms with van der Waals surface area (Å²) >= 11 is 0. The summed E-state index contributed by atoms with van der Waals surface area (Å²) in [5.74, 6) is -0.782. The van der Waals surface area contributed by atoms with Crippen LogP contribution in [0.3, 0.4) is 0 Å². The zero-order valence-corrected chi connectivity index (χ0v) is 15.0. The lowest BCUT2D eigenvalue weighted by atomic mass is 10.0.